The Bertz CT molecular complexity index is 797. The molecule has 98 valence electrons. The molecule has 0 aliphatic carbocycles. The van der Waals surface area contributed by atoms with E-state index in [-0.39, 0.29) is 9.39 Å². The molecule has 0 saturated heterocycles. The highest BCUT2D eigenvalue weighted by Gasteiger charge is 2.14. The van der Waals surface area contributed by atoms with Crippen LogP contribution in [0.15, 0.2) is 48.5 Å². The second-order valence-corrected chi connectivity index (χ2v) is 5.89. The molecule has 0 atom stereocenters. The number of carbonyl (C=O) groups is 2. The lowest BCUT2D eigenvalue weighted by molar-refractivity contribution is 0.108. The first-order valence-electron chi connectivity index (χ1n) is 5.93. The molecular formula is C16H8Br2O2. The largest absolute Gasteiger partial charge is 0.281 e. The molecule has 0 saturated carbocycles. The molecule has 0 spiro atoms. The summed E-state index contributed by atoms with van der Waals surface area (Å²) in [5, 5.41) is 3.62. The number of fused-ring (bicyclic) bond motifs is 2. The van der Waals surface area contributed by atoms with Crippen LogP contribution in [0.4, 0.5) is 0 Å². The third-order valence-corrected chi connectivity index (χ3v) is 4.16. The van der Waals surface area contributed by atoms with Crippen LogP contribution < -0.4 is 0 Å². The van der Waals surface area contributed by atoms with Gasteiger partial charge in [-0.25, -0.2) is 0 Å². The molecule has 2 nitrogen and oxygen atoms in total. The molecule has 3 aromatic carbocycles. The van der Waals surface area contributed by atoms with Gasteiger partial charge in [0, 0.05) is 11.1 Å². The van der Waals surface area contributed by atoms with Crippen LogP contribution in [0, 0.1) is 0 Å². The highest BCUT2D eigenvalue weighted by Crippen LogP contribution is 2.30. The Morgan fingerprint density at radius 2 is 1.10 bits per heavy atom. The van der Waals surface area contributed by atoms with Gasteiger partial charge in [0.1, 0.15) is 0 Å². The molecule has 3 aromatic rings. The van der Waals surface area contributed by atoms with Gasteiger partial charge in [0.05, 0.1) is 0 Å². The molecule has 20 heavy (non-hydrogen) atoms. The summed E-state index contributed by atoms with van der Waals surface area (Å²) >= 11 is 5.99. The molecule has 0 radical (unpaired) electrons. The fourth-order valence-corrected chi connectivity index (χ4v) is 3.07. The smallest absolute Gasteiger partial charge is 0.228 e. The van der Waals surface area contributed by atoms with Gasteiger partial charge in [-0.15, -0.1) is 0 Å². The van der Waals surface area contributed by atoms with Crippen molar-refractivity contribution in [2.75, 3.05) is 0 Å². The molecule has 3 rings (SSSR count). The molecule has 0 bridgehead atoms. The quantitative estimate of drug-likeness (QED) is 0.451. The maximum absolute atomic E-state index is 11.7. The zero-order valence-electron chi connectivity index (χ0n) is 10.2. The second kappa shape index (κ2) is 5.11. The summed E-state index contributed by atoms with van der Waals surface area (Å²) in [5.41, 5.74) is 1.12. The van der Waals surface area contributed by atoms with Gasteiger partial charge in [-0.05, 0) is 77.7 Å². The van der Waals surface area contributed by atoms with E-state index in [0.29, 0.717) is 11.1 Å². The summed E-state index contributed by atoms with van der Waals surface area (Å²) in [7, 11) is 0. The molecule has 0 N–H and O–H groups in total. The van der Waals surface area contributed by atoms with E-state index in [1.54, 1.807) is 12.1 Å². The SMILES string of the molecule is O=C(Br)c1ccc(C(=O)Br)c2cc3ccccc3cc12. The third-order valence-electron chi connectivity index (χ3n) is 3.31. The van der Waals surface area contributed by atoms with Crippen LogP contribution >= 0.6 is 31.9 Å². The van der Waals surface area contributed by atoms with Crippen LogP contribution in [0.25, 0.3) is 21.5 Å². The molecule has 0 aliphatic heterocycles. The predicted molar refractivity (Wildman–Crippen MR) is 88.0 cm³/mol. The van der Waals surface area contributed by atoms with Crippen molar-refractivity contribution in [2.45, 2.75) is 0 Å². The number of benzene rings is 3. The van der Waals surface area contributed by atoms with Crippen LogP contribution in [0.1, 0.15) is 20.7 Å². The maximum Gasteiger partial charge on any atom is 0.228 e. The van der Waals surface area contributed by atoms with E-state index in [4.69, 9.17) is 0 Å². The molecule has 0 aromatic heterocycles. The van der Waals surface area contributed by atoms with E-state index < -0.39 is 0 Å². The van der Waals surface area contributed by atoms with E-state index in [9.17, 15) is 9.59 Å². The zero-order valence-corrected chi connectivity index (χ0v) is 13.4. The summed E-state index contributed by atoms with van der Waals surface area (Å²) in [6, 6.07) is 15.1. The van der Waals surface area contributed by atoms with Crippen molar-refractivity contribution in [1.82, 2.24) is 0 Å². The van der Waals surface area contributed by atoms with Crippen molar-refractivity contribution in [3.63, 3.8) is 0 Å². The standard InChI is InChI=1S/C16H8Br2O2/c17-15(19)11-5-6-12(16(18)20)14-8-10-4-2-1-3-9(10)7-13(11)14/h1-8H. The lowest BCUT2D eigenvalue weighted by Crippen LogP contribution is -1.96. The normalized spacial score (nSPS) is 10.9. The van der Waals surface area contributed by atoms with E-state index in [1.165, 1.54) is 0 Å². The second-order valence-electron chi connectivity index (χ2n) is 4.45. The predicted octanol–water partition coefficient (Wildman–Crippen LogP) is 5.06. The average molecular weight is 392 g/mol. The maximum atomic E-state index is 11.7. The minimum absolute atomic E-state index is 0.189. The van der Waals surface area contributed by atoms with Crippen molar-refractivity contribution in [1.29, 1.82) is 0 Å². The van der Waals surface area contributed by atoms with E-state index in [1.807, 2.05) is 36.4 Å². The first kappa shape index (κ1) is 13.5. The van der Waals surface area contributed by atoms with Gasteiger partial charge in [-0.1, -0.05) is 24.3 Å². The zero-order chi connectivity index (χ0) is 14.3. The van der Waals surface area contributed by atoms with Crippen molar-refractivity contribution in [3.8, 4) is 0 Å². The van der Waals surface area contributed by atoms with E-state index >= 15 is 0 Å². The molecule has 0 unspecified atom stereocenters. The number of hydrogen-bond acceptors (Lipinski definition) is 2. The summed E-state index contributed by atoms with van der Waals surface area (Å²) in [6.07, 6.45) is 0. The summed E-state index contributed by atoms with van der Waals surface area (Å²) in [6.45, 7) is 0. The fraction of sp³-hybridized carbons (Fsp3) is 0. The molecule has 4 heteroatoms. The van der Waals surface area contributed by atoms with E-state index in [0.717, 1.165) is 21.5 Å². The van der Waals surface area contributed by atoms with E-state index in [2.05, 4.69) is 31.9 Å². The number of rotatable bonds is 2. The topological polar surface area (TPSA) is 34.1 Å². The summed E-state index contributed by atoms with van der Waals surface area (Å²) in [4.78, 5) is 23.4. The highest BCUT2D eigenvalue weighted by atomic mass is 79.9. The van der Waals surface area contributed by atoms with Gasteiger partial charge in [0.2, 0.25) is 9.39 Å². The Balaban J connectivity index is 2.52. The van der Waals surface area contributed by atoms with Crippen LogP contribution in [0.3, 0.4) is 0 Å². The molecule has 0 amide bonds. The minimum atomic E-state index is -0.189. The monoisotopic (exact) mass is 390 g/mol. The first-order valence-corrected chi connectivity index (χ1v) is 7.51. The van der Waals surface area contributed by atoms with Crippen LogP contribution in [0.5, 0.6) is 0 Å². The number of halogens is 2. The van der Waals surface area contributed by atoms with Crippen molar-refractivity contribution in [2.24, 2.45) is 0 Å². The van der Waals surface area contributed by atoms with Crippen molar-refractivity contribution < 1.29 is 9.59 Å². The molecular weight excluding hydrogens is 384 g/mol. The Hall–Kier alpha value is -1.52. The first-order chi connectivity index (χ1) is 9.58. The molecule has 0 heterocycles. The highest BCUT2D eigenvalue weighted by molar-refractivity contribution is 9.18. The van der Waals surface area contributed by atoms with Gasteiger partial charge in [0.25, 0.3) is 0 Å². The van der Waals surface area contributed by atoms with Gasteiger partial charge in [-0.3, -0.25) is 9.59 Å². The minimum Gasteiger partial charge on any atom is -0.281 e. The van der Waals surface area contributed by atoms with Crippen molar-refractivity contribution >= 4 is 62.8 Å². The molecule has 0 fully saturated rings. The number of hydrogen-bond donors (Lipinski definition) is 0. The van der Waals surface area contributed by atoms with Crippen molar-refractivity contribution in [3.05, 3.63) is 59.7 Å². The number of carbonyl (C=O) groups excluding carboxylic acids is 2. The van der Waals surface area contributed by atoms with Crippen LogP contribution in [-0.2, 0) is 0 Å². The van der Waals surface area contributed by atoms with Gasteiger partial charge >= 0.3 is 0 Å². The molecule has 0 aliphatic rings. The van der Waals surface area contributed by atoms with Crippen LogP contribution in [-0.4, -0.2) is 9.39 Å². The Morgan fingerprint density at radius 3 is 1.45 bits per heavy atom. The average Bonchev–Trinajstić information content (AvgIpc) is 2.43. The van der Waals surface area contributed by atoms with Gasteiger partial charge in [0.15, 0.2) is 0 Å². The van der Waals surface area contributed by atoms with Gasteiger partial charge in [-0.2, -0.15) is 0 Å². The summed E-state index contributed by atoms with van der Waals surface area (Å²) in [5.74, 6) is 0. The summed E-state index contributed by atoms with van der Waals surface area (Å²) < 4.78 is -0.377. The lowest BCUT2D eigenvalue weighted by atomic mass is 9.97. The third kappa shape index (κ3) is 2.19. The Morgan fingerprint density at radius 1 is 0.700 bits per heavy atom. The van der Waals surface area contributed by atoms with Gasteiger partial charge < -0.3 is 0 Å². The fourth-order valence-electron chi connectivity index (χ4n) is 2.37. The lowest BCUT2D eigenvalue weighted by Gasteiger charge is -2.08. The van der Waals surface area contributed by atoms with Crippen LogP contribution in [0.2, 0.25) is 0 Å². The Labute approximate surface area is 132 Å². The Kier molecular flexibility index (Phi) is 3.44.